The fourth-order valence-corrected chi connectivity index (χ4v) is 3.23. The summed E-state index contributed by atoms with van der Waals surface area (Å²) in [6, 6.07) is 24.6. The van der Waals surface area contributed by atoms with Crippen molar-refractivity contribution < 1.29 is 24.5 Å². The summed E-state index contributed by atoms with van der Waals surface area (Å²) in [7, 11) is 0. The van der Waals surface area contributed by atoms with E-state index in [4.69, 9.17) is 5.26 Å². The molecule has 0 aliphatic rings. The van der Waals surface area contributed by atoms with Gasteiger partial charge in [-0.2, -0.15) is 5.26 Å². The molecule has 4 N–H and O–H groups in total. The fraction of sp³-hybridized carbons (Fsp3) is 0.179. The average Bonchev–Trinajstić information content (AvgIpc) is 2.93. The largest absolute Gasteiger partial charge is 0.365 e. The summed E-state index contributed by atoms with van der Waals surface area (Å²) in [5.74, 6) is 4.02. The zero-order valence-electron chi connectivity index (χ0n) is 19.6. The molecule has 0 unspecified atom stereocenters. The predicted molar refractivity (Wildman–Crippen MR) is 135 cm³/mol. The number of carbonyl (C=O) groups excluding carboxylic acids is 3. The van der Waals surface area contributed by atoms with Crippen LogP contribution in [0.4, 0.5) is 0 Å². The van der Waals surface area contributed by atoms with Crippen molar-refractivity contribution in [2.24, 2.45) is 0 Å². The lowest BCUT2D eigenvalue weighted by molar-refractivity contribution is -0.236. The van der Waals surface area contributed by atoms with Gasteiger partial charge in [-0.25, -0.2) is 4.79 Å². The molecule has 3 aromatic carbocycles. The van der Waals surface area contributed by atoms with Crippen LogP contribution >= 0.6 is 0 Å². The Hall–Kier alpha value is -4.45. The number of rotatable bonds is 10. The summed E-state index contributed by atoms with van der Waals surface area (Å²) in [4.78, 5) is 40.4. The first-order valence-corrected chi connectivity index (χ1v) is 11.4. The Morgan fingerprint density at radius 1 is 0.833 bits per heavy atom. The first-order valence-electron chi connectivity index (χ1n) is 11.4. The van der Waals surface area contributed by atoms with E-state index in [-0.39, 0.29) is 24.6 Å². The summed E-state index contributed by atoms with van der Waals surface area (Å²) in [6.07, 6.45) is 0.764. The van der Waals surface area contributed by atoms with Crippen molar-refractivity contribution in [3.8, 4) is 11.8 Å². The topological polar surface area (TPSA) is 117 Å². The third-order valence-corrected chi connectivity index (χ3v) is 5.17. The number of nitrogens with one attached hydrogen (secondary N) is 3. The molecule has 0 spiro atoms. The van der Waals surface area contributed by atoms with Gasteiger partial charge in [-0.15, -0.1) is 0 Å². The van der Waals surface area contributed by atoms with E-state index >= 15 is 0 Å². The monoisotopic (exact) mass is 485 g/mol. The van der Waals surface area contributed by atoms with Crippen LogP contribution in [0.5, 0.6) is 0 Å². The van der Waals surface area contributed by atoms with Gasteiger partial charge in [0.2, 0.25) is 5.91 Å². The van der Waals surface area contributed by atoms with E-state index in [0.29, 0.717) is 12.1 Å². The zero-order chi connectivity index (χ0) is 25.6. The van der Waals surface area contributed by atoms with Crippen LogP contribution in [0.15, 0.2) is 84.9 Å². The van der Waals surface area contributed by atoms with Gasteiger partial charge in [0.25, 0.3) is 5.91 Å². The highest BCUT2D eigenvalue weighted by Crippen LogP contribution is 2.05. The van der Waals surface area contributed by atoms with Crippen LogP contribution in [0.3, 0.4) is 0 Å². The smallest absolute Gasteiger partial charge is 0.352 e. The van der Waals surface area contributed by atoms with Gasteiger partial charge >= 0.3 is 5.97 Å². The van der Waals surface area contributed by atoms with E-state index in [2.05, 4.69) is 32.7 Å². The maximum Gasteiger partial charge on any atom is 0.365 e. The Morgan fingerprint density at radius 3 is 2.08 bits per heavy atom. The van der Waals surface area contributed by atoms with Crippen molar-refractivity contribution in [1.29, 1.82) is 0 Å². The van der Waals surface area contributed by atoms with Crippen LogP contribution in [0, 0.1) is 11.8 Å². The summed E-state index contributed by atoms with van der Waals surface area (Å²) in [5.41, 5.74) is 3.02. The second-order valence-corrected chi connectivity index (χ2v) is 7.85. The molecule has 184 valence electrons. The Bertz CT molecular complexity index is 1200. The Labute approximate surface area is 209 Å². The number of benzene rings is 3. The van der Waals surface area contributed by atoms with Gasteiger partial charge in [-0.05, 0) is 54.9 Å². The van der Waals surface area contributed by atoms with Crippen molar-refractivity contribution in [2.45, 2.75) is 12.5 Å². The van der Waals surface area contributed by atoms with Crippen molar-refractivity contribution in [3.63, 3.8) is 0 Å². The summed E-state index contributed by atoms with van der Waals surface area (Å²) in [6.45, 7) is 0.389. The lowest BCUT2D eigenvalue weighted by atomic mass is 10.1. The van der Waals surface area contributed by atoms with Gasteiger partial charge < -0.3 is 16.0 Å². The van der Waals surface area contributed by atoms with Crippen LogP contribution < -0.4 is 16.0 Å². The van der Waals surface area contributed by atoms with Crippen LogP contribution in [-0.4, -0.2) is 48.7 Å². The second-order valence-electron chi connectivity index (χ2n) is 7.85. The Balaban J connectivity index is 1.47. The standard InChI is InChI=1S/C28H27N3O5/c32-26(20-29-18-17-22-9-5-2-6-10-22)30-19-25(28(34)36-35)31-27(33)24-15-13-23(14-16-24)12-11-21-7-3-1-4-8-21/h1-10,13-16,25,29,35H,17-20H2,(H,30,32)(H,31,33)/t25-/m0/s1. The molecular formula is C28H27N3O5. The highest BCUT2D eigenvalue weighted by atomic mass is 17.1. The normalized spacial score (nSPS) is 10.9. The van der Waals surface area contributed by atoms with E-state index in [0.717, 1.165) is 17.5 Å². The molecule has 0 saturated heterocycles. The molecule has 8 nitrogen and oxygen atoms in total. The molecule has 36 heavy (non-hydrogen) atoms. The Kier molecular flexibility index (Phi) is 10.2. The van der Waals surface area contributed by atoms with E-state index in [1.54, 1.807) is 24.3 Å². The van der Waals surface area contributed by atoms with Crippen LogP contribution in [0.25, 0.3) is 0 Å². The molecule has 0 bridgehead atoms. The van der Waals surface area contributed by atoms with E-state index in [1.165, 1.54) is 0 Å². The highest BCUT2D eigenvalue weighted by molar-refractivity contribution is 5.97. The molecule has 0 aromatic heterocycles. The first-order chi connectivity index (χ1) is 17.5. The van der Waals surface area contributed by atoms with E-state index < -0.39 is 17.9 Å². The van der Waals surface area contributed by atoms with Gasteiger partial charge in [0.15, 0.2) is 0 Å². The molecule has 1 atom stereocenters. The van der Waals surface area contributed by atoms with E-state index in [1.807, 2.05) is 60.7 Å². The zero-order valence-corrected chi connectivity index (χ0v) is 19.6. The molecule has 0 saturated carbocycles. The van der Waals surface area contributed by atoms with Crippen LogP contribution in [-0.2, 0) is 20.9 Å². The van der Waals surface area contributed by atoms with Gasteiger partial charge in [0.05, 0.1) is 6.54 Å². The lowest BCUT2D eigenvalue weighted by Gasteiger charge is -2.16. The third kappa shape index (κ3) is 8.72. The minimum atomic E-state index is -1.27. The lowest BCUT2D eigenvalue weighted by Crippen LogP contribution is -2.50. The molecule has 0 aliphatic carbocycles. The maximum atomic E-state index is 12.6. The average molecular weight is 486 g/mol. The Morgan fingerprint density at radius 2 is 1.44 bits per heavy atom. The van der Waals surface area contributed by atoms with Gasteiger partial charge in [-0.1, -0.05) is 60.4 Å². The summed E-state index contributed by atoms with van der Waals surface area (Å²) >= 11 is 0. The molecule has 3 rings (SSSR count). The van der Waals surface area contributed by atoms with Crippen LogP contribution in [0.1, 0.15) is 27.0 Å². The van der Waals surface area contributed by atoms with Crippen LogP contribution in [0.2, 0.25) is 0 Å². The first kappa shape index (κ1) is 26.2. The quantitative estimate of drug-likeness (QED) is 0.151. The maximum absolute atomic E-state index is 12.6. The molecule has 0 aliphatic heterocycles. The summed E-state index contributed by atoms with van der Waals surface area (Å²) < 4.78 is 0. The van der Waals surface area contributed by atoms with Gasteiger partial charge in [0, 0.05) is 23.2 Å². The minimum absolute atomic E-state index is 0.0349. The van der Waals surface area contributed by atoms with Crippen molar-refractivity contribution in [2.75, 3.05) is 19.6 Å². The fourth-order valence-electron chi connectivity index (χ4n) is 3.23. The highest BCUT2D eigenvalue weighted by Gasteiger charge is 2.24. The number of carbonyl (C=O) groups is 3. The molecule has 2 amide bonds. The SMILES string of the molecule is O=C(CNCCc1ccccc1)NC[C@H](NC(=O)c1ccc(C#Cc2ccccc2)cc1)C(=O)OO. The molecule has 0 heterocycles. The number of hydrogen-bond donors (Lipinski definition) is 4. The van der Waals surface area contributed by atoms with Crippen molar-refractivity contribution in [1.82, 2.24) is 16.0 Å². The van der Waals surface area contributed by atoms with Crippen molar-refractivity contribution in [3.05, 3.63) is 107 Å². The van der Waals surface area contributed by atoms with Gasteiger partial charge in [-0.3, -0.25) is 14.5 Å². The van der Waals surface area contributed by atoms with Crippen molar-refractivity contribution >= 4 is 17.8 Å². The predicted octanol–water partition coefficient (Wildman–Crippen LogP) is 2.15. The third-order valence-electron chi connectivity index (χ3n) is 5.17. The molecule has 8 heteroatoms. The molecule has 3 aromatic rings. The minimum Gasteiger partial charge on any atom is -0.352 e. The molecule has 0 radical (unpaired) electrons. The second kappa shape index (κ2) is 14.1. The van der Waals surface area contributed by atoms with E-state index in [9.17, 15) is 14.4 Å². The summed E-state index contributed by atoms with van der Waals surface area (Å²) in [5, 5.41) is 16.8. The number of hydrogen-bond acceptors (Lipinski definition) is 6. The molecular weight excluding hydrogens is 458 g/mol. The molecule has 0 fully saturated rings. The number of amides is 2. The van der Waals surface area contributed by atoms with Gasteiger partial charge in [0.1, 0.15) is 6.04 Å².